The van der Waals surface area contributed by atoms with E-state index in [1.54, 1.807) is 6.07 Å². The van der Waals surface area contributed by atoms with E-state index < -0.39 is 11.7 Å². The zero-order valence-electron chi connectivity index (χ0n) is 12.0. The molecule has 0 aliphatic heterocycles. The fourth-order valence-corrected chi connectivity index (χ4v) is 3.58. The molecule has 112 valence electrons. The molecule has 0 saturated carbocycles. The Labute approximate surface area is 126 Å². The van der Waals surface area contributed by atoms with Crippen LogP contribution in [0.1, 0.15) is 29.5 Å². The van der Waals surface area contributed by atoms with Crippen LogP contribution in [-0.2, 0) is 19.0 Å². The summed E-state index contributed by atoms with van der Waals surface area (Å²) in [6, 6.07) is 12.1. The van der Waals surface area contributed by atoms with E-state index >= 15 is 0 Å². The molecule has 0 spiro atoms. The first-order valence-electron chi connectivity index (χ1n) is 7.58. The molecule has 0 heterocycles. The Hall–Kier alpha value is -2.03. The molecule has 0 amide bonds. The van der Waals surface area contributed by atoms with Gasteiger partial charge in [0, 0.05) is 0 Å². The summed E-state index contributed by atoms with van der Waals surface area (Å²) in [7, 11) is 0. The van der Waals surface area contributed by atoms with Gasteiger partial charge in [0.15, 0.2) is 0 Å². The highest BCUT2D eigenvalue weighted by Gasteiger charge is 2.30. The molecule has 0 nitrogen and oxygen atoms in total. The van der Waals surface area contributed by atoms with Gasteiger partial charge >= 0.3 is 6.18 Å². The number of benzene rings is 3. The number of halogens is 3. The third-order valence-electron chi connectivity index (χ3n) is 4.68. The molecule has 0 fully saturated rings. The van der Waals surface area contributed by atoms with Gasteiger partial charge in [-0.2, -0.15) is 13.2 Å². The molecule has 22 heavy (non-hydrogen) atoms. The van der Waals surface area contributed by atoms with Gasteiger partial charge in [-0.15, -0.1) is 0 Å². The average Bonchev–Trinajstić information content (AvgIpc) is 2.52. The van der Waals surface area contributed by atoms with Crippen molar-refractivity contribution in [2.24, 2.45) is 0 Å². The first kappa shape index (κ1) is 13.6. The third-order valence-corrected chi connectivity index (χ3v) is 4.68. The molecule has 3 aromatic carbocycles. The highest BCUT2D eigenvalue weighted by atomic mass is 19.4. The summed E-state index contributed by atoms with van der Waals surface area (Å²) in [4.78, 5) is 0. The van der Waals surface area contributed by atoms with Gasteiger partial charge in [-0.05, 0) is 70.5 Å². The van der Waals surface area contributed by atoms with Gasteiger partial charge in [-0.25, -0.2) is 0 Å². The van der Waals surface area contributed by atoms with E-state index in [1.807, 2.05) is 12.1 Å². The minimum Gasteiger partial charge on any atom is -0.166 e. The molecular weight excluding hydrogens is 285 g/mol. The molecular formula is C19H15F3. The minimum atomic E-state index is -4.29. The summed E-state index contributed by atoms with van der Waals surface area (Å²) in [6.07, 6.45) is 0.298. The summed E-state index contributed by atoms with van der Waals surface area (Å²) in [6.45, 7) is 0. The van der Waals surface area contributed by atoms with Gasteiger partial charge in [0.25, 0.3) is 0 Å². The van der Waals surface area contributed by atoms with Crippen molar-refractivity contribution in [2.45, 2.75) is 31.9 Å². The van der Waals surface area contributed by atoms with Crippen LogP contribution >= 0.6 is 0 Å². The summed E-state index contributed by atoms with van der Waals surface area (Å²) in [5, 5.41) is 3.81. The van der Waals surface area contributed by atoms with E-state index in [9.17, 15) is 13.2 Å². The SMILES string of the molecule is FC(F)(F)c1ccc2c(ccc3c4c(ccc32)CCCC4)c1. The molecule has 0 atom stereocenters. The zero-order valence-corrected chi connectivity index (χ0v) is 12.0. The summed E-state index contributed by atoms with van der Waals surface area (Å²) in [5.41, 5.74) is 2.19. The standard InChI is InChI=1S/C19H15F3/c20-19(21,22)14-7-10-16-13(11-14)6-9-17-15-4-2-1-3-12(15)5-8-18(16)17/h5-11H,1-4H2. The van der Waals surface area contributed by atoms with Gasteiger partial charge in [-0.3, -0.25) is 0 Å². The molecule has 1 aliphatic rings. The largest absolute Gasteiger partial charge is 0.416 e. The number of hydrogen-bond acceptors (Lipinski definition) is 0. The van der Waals surface area contributed by atoms with Crippen LogP contribution in [0.25, 0.3) is 21.5 Å². The summed E-state index contributed by atoms with van der Waals surface area (Å²) in [5.74, 6) is 0. The number of hydrogen-bond donors (Lipinski definition) is 0. The van der Waals surface area contributed by atoms with Crippen molar-refractivity contribution in [1.29, 1.82) is 0 Å². The Kier molecular flexibility index (Phi) is 2.93. The van der Waals surface area contributed by atoms with E-state index in [-0.39, 0.29) is 0 Å². The first-order valence-corrected chi connectivity index (χ1v) is 7.58. The summed E-state index contributed by atoms with van der Waals surface area (Å²) >= 11 is 0. The lowest BCUT2D eigenvalue weighted by molar-refractivity contribution is -0.137. The average molecular weight is 300 g/mol. The van der Waals surface area contributed by atoms with Crippen LogP contribution in [0.2, 0.25) is 0 Å². The maximum Gasteiger partial charge on any atom is 0.416 e. The normalized spacial score (nSPS) is 15.2. The molecule has 0 radical (unpaired) electrons. The summed E-state index contributed by atoms with van der Waals surface area (Å²) < 4.78 is 38.6. The molecule has 0 saturated heterocycles. The Bertz CT molecular complexity index is 875. The van der Waals surface area contributed by atoms with E-state index in [2.05, 4.69) is 12.1 Å². The molecule has 0 bridgehead atoms. The topological polar surface area (TPSA) is 0 Å². The van der Waals surface area contributed by atoms with Crippen molar-refractivity contribution in [3.05, 3.63) is 59.2 Å². The molecule has 0 aromatic heterocycles. The predicted molar refractivity (Wildman–Crippen MR) is 83.1 cm³/mol. The molecule has 0 N–H and O–H groups in total. The zero-order chi connectivity index (χ0) is 15.3. The molecule has 4 rings (SSSR count). The molecule has 1 aliphatic carbocycles. The lowest BCUT2D eigenvalue weighted by atomic mass is 9.86. The maximum absolute atomic E-state index is 12.9. The van der Waals surface area contributed by atoms with E-state index in [0.29, 0.717) is 5.39 Å². The lowest BCUT2D eigenvalue weighted by Gasteiger charge is -2.19. The molecule has 3 aromatic rings. The van der Waals surface area contributed by atoms with Crippen LogP contribution in [0.4, 0.5) is 13.2 Å². The number of rotatable bonds is 0. The smallest absolute Gasteiger partial charge is 0.166 e. The quantitative estimate of drug-likeness (QED) is 0.454. The Morgan fingerprint density at radius 2 is 1.45 bits per heavy atom. The van der Waals surface area contributed by atoms with Crippen LogP contribution in [-0.4, -0.2) is 0 Å². The monoisotopic (exact) mass is 300 g/mol. The van der Waals surface area contributed by atoms with Crippen LogP contribution in [0.15, 0.2) is 42.5 Å². The van der Waals surface area contributed by atoms with Gasteiger partial charge < -0.3 is 0 Å². The van der Waals surface area contributed by atoms with Crippen LogP contribution < -0.4 is 0 Å². The fraction of sp³-hybridized carbons (Fsp3) is 0.263. The van der Waals surface area contributed by atoms with Crippen molar-refractivity contribution in [1.82, 2.24) is 0 Å². The molecule has 3 heteroatoms. The number of aryl methyl sites for hydroxylation is 2. The van der Waals surface area contributed by atoms with Crippen molar-refractivity contribution >= 4 is 21.5 Å². The van der Waals surface area contributed by atoms with Crippen molar-refractivity contribution in [3.8, 4) is 0 Å². The second kappa shape index (κ2) is 4.73. The van der Waals surface area contributed by atoms with Crippen molar-refractivity contribution in [3.63, 3.8) is 0 Å². The Balaban J connectivity index is 2.00. The lowest BCUT2D eigenvalue weighted by Crippen LogP contribution is -2.05. The Morgan fingerprint density at radius 3 is 2.27 bits per heavy atom. The van der Waals surface area contributed by atoms with Crippen molar-refractivity contribution < 1.29 is 13.2 Å². The fourth-order valence-electron chi connectivity index (χ4n) is 3.58. The maximum atomic E-state index is 12.9. The van der Waals surface area contributed by atoms with Crippen LogP contribution in [0.5, 0.6) is 0 Å². The first-order chi connectivity index (χ1) is 10.5. The second-order valence-corrected chi connectivity index (χ2v) is 6.00. The highest BCUT2D eigenvalue weighted by Crippen LogP contribution is 2.36. The van der Waals surface area contributed by atoms with Gasteiger partial charge in [-0.1, -0.05) is 30.3 Å². The molecule has 0 unspecified atom stereocenters. The highest BCUT2D eigenvalue weighted by molar-refractivity contribution is 6.09. The van der Waals surface area contributed by atoms with E-state index in [0.717, 1.165) is 23.6 Å². The number of fused-ring (bicyclic) bond motifs is 5. The number of alkyl halides is 3. The van der Waals surface area contributed by atoms with Crippen molar-refractivity contribution in [2.75, 3.05) is 0 Å². The Morgan fingerprint density at radius 1 is 0.727 bits per heavy atom. The van der Waals surface area contributed by atoms with Gasteiger partial charge in [0.1, 0.15) is 0 Å². The van der Waals surface area contributed by atoms with E-state index in [1.165, 1.54) is 41.5 Å². The van der Waals surface area contributed by atoms with Crippen LogP contribution in [0, 0.1) is 0 Å². The van der Waals surface area contributed by atoms with Crippen LogP contribution in [0.3, 0.4) is 0 Å². The van der Waals surface area contributed by atoms with Gasteiger partial charge in [0.2, 0.25) is 0 Å². The van der Waals surface area contributed by atoms with Gasteiger partial charge in [0.05, 0.1) is 5.56 Å². The minimum absolute atomic E-state index is 0.586. The second-order valence-electron chi connectivity index (χ2n) is 6.00. The predicted octanol–water partition coefficient (Wildman–Crippen LogP) is 5.89. The third kappa shape index (κ3) is 2.07. The van der Waals surface area contributed by atoms with E-state index in [4.69, 9.17) is 0 Å².